The first-order valence-electron chi connectivity index (χ1n) is 5.53. The van der Waals surface area contributed by atoms with Crippen LogP contribution in [0.3, 0.4) is 0 Å². The summed E-state index contributed by atoms with van der Waals surface area (Å²) in [7, 11) is 0. The van der Waals surface area contributed by atoms with Gasteiger partial charge in [-0.1, -0.05) is 6.92 Å². The lowest BCUT2D eigenvalue weighted by Gasteiger charge is -2.22. The van der Waals surface area contributed by atoms with Gasteiger partial charge in [0.25, 0.3) is 0 Å². The Balaban J connectivity index is 2.61. The van der Waals surface area contributed by atoms with Crippen molar-refractivity contribution in [2.75, 3.05) is 6.61 Å². The molecule has 1 rings (SSSR count). The highest BCUT2D eigenvalue weighted by atomic mass is 19.1. The lowest BCUT2D eigenvalue weighted by Crippen LogP contribution is -2.40. The molecular weight excluding hydrogens is 219 g/mol. The molecule has 0 fully saturated rings. The number of benzene rings is 1. The first kappa shape index (κ1) is 13.6. The predicted molar refractivity (Wildman–Crippen MR) is 63.7 cm³/mol. The van der Waals surface area contributed by atoms with Crippen molar-refractivity contribution < 1.29 is 9.13 Å². The number of nitrogens with zero attached hydrogens (tertiary/aromatic N) is 1. The topological polar surface area (TPSA) is 59.0 Å². The third kappa shape index (κ3) is 4.14. The zero-order chi connectivity index (χ0) is 12.9. The lowest BCUT2D eigenvalue weighted by atomic mass is 10.0. The van der Waals surface area contributed by atoms with Crippen molar-refractivity contribution in [3.8, 4) is 6.07 Å². The van der Waals surface area contributed by atoms with Gasteiger partial charge < -0.3 is 10.5 Å². The molecule has 4 heteroatoms. The van der Waals surface area contributed by atoms with Gasteiger partial charge in [0.2, 0.25) is 0 Å². The van der Waals surface area contributed by atoms with E-state index in [1.54, 1.807) is 0 Å². The van der Waals surface area contributed by atoms with E-state index in [-0.39, 0.29) is 12.4 Å². The number of halogens is 1. The summed E-state index contributed by atoms with van der Waals surface area (Å²) < 4.78 is 18.8. The zero-order valence-electron chi connectivity index (χ0n) is 10.2. The van der Waals surface area contributed by atoms with Crippen LogP contribution in [-0.4, -0.2) is 12.1 Å². The Morgan fingerprint density at radius 3 is 2.82 bits per heavy atom. The number of ether oxygens (including phenoxy) is 1. The van der Waals surface area contributed by atoms with E-state index in [2.05, 4.69) is 0 Å². The largest absolute Gasteiger partial charge is 0.375 e. The van der Waals surface area contributed by atoms with E-state index in [1.165, 1.54) is 18.2 Å². The molecule has 0 amide bonds. The Morgan fingerprint density at radius 1 is 1.53 bits per heavy atom. The second-order valence-corrected chi connectivity index (χ2v) is 4.42. The van der Waals surface area contributed by atoms with Crippen LogP contribution in [-0.2, 0) is 11.3 Å². The molecule has 2 N–H and O–H groups in total. The van der Waals surface area contributed by atoms with E-state index in [0.717, 1.165) is 6.42 Å². The van der Waals surface area contributed by atoms with Gasteiger partial charge in [0.05, 0.1) is 24.8 Å². The van der Waals surface area contributed by atoms with Crippen molar-refractivity contribution in [3.63, 3.8) is 0 Å². The van der Waals surface area contributed by atoms with Gasteiger partial charge in [0.1, 0.15) is 5.82 Å². The highest BCUT2D eigenvalue weighted by molar-refractivity contribution is 5.33. The van der Waals surface area contributed by atoms with Gasteiger partial charge in [-0.25, -0.2) is 4.39 Å². The van der Waals surface area contributed by atoms with Gasteiger partial charge >= 0.3 is 0 Å². The minimum atomic E-state index is -0.399. The monoisotopic (exact) mass is 236 g/mol. The fourth-order valence-corrected chi connectivity index (χ4v) is 1.25. The van der Waals surface area contributed by atoms with Crippen molar-refractivity contribution in [2.24, 2.45) is 5.73 Å². The molecule has 0 aliphatic heterocycles. The molecule has 92 valence electrons. The number of hydrogen-bond acceptors (Lipinski definition) is 3. The van der Waals surface area contributed by atoms with Crippen LogP contribution >= 0.6 is 0 Å². The van der Waals surface area contributed by atoms with Crippen LogP contribution in [0.25, 0.3) is 0 Å². The molecule has 0 bridgehead atoms. The van der Waals surface area contributed by atoms with Gasteiger partial charge in [-0.3, -0.25) is 0 Å². The molecule has 1 aromatic carbocycles. The predicted octanol–water partition coefficient (Wildman–Crippen LogP) is 2.34. The molecule has 0 aliphatic rings. The summed E-state index contributed by atoms with van der Waals surface area (Å²) in [6.45, 7) is 4.35. The first-order valence-corrected chi connectivity index (χ1v) is 5.53. The van der Waals surface area contributed by atoms with E-state index >= 15 is 0 Å². The Kier molecular flexibility index (Phi) is 4.62. The van der Waals surface area contributed by atoms with E-state index in [1.807, 2.05) is 19.9 Å². The third-order valence-electron chi connectivity index (χ3n) is 2.67. The van der Waals surface area contributed by atoms with Crippen LogP contribution in [0.15, 0.2) is 18.2 Å². The van der Waals surface area contributed by atoms with E-state index in [0.29, 0.717) is 17.7 Å². The quantitative estimate of drug-likeness (QED) is 0.853. The molecule has 0 spiro atoms. The number of nitriles is 1. The third-order valence-corrected chi connectivity index (χ3v) is 2.67. The van der Waals surface area contributed by atoms with Crippen molar-refractivity contribution in [2.45, 2.75) is 32.4 Å². The molecule has 3 nitrogen and oxygen atoms in total. The second-order valence-electron chi connectivity index (χ2n) is 4.42. The molecule has 0 aliphatic carbocycles. The Labute approximate surface area is 101 Å². The Morgan fingerprint density at radius 2 is 2.24 bits per heavy atom. The molecule has 0 aromatic heterocycles. The molecule has 0 saturated heterocycles. The maximum atomic E-state index is 13.4. The fourth-order valence-electron chi connectivity index (χ4n) is 1.25. The minimum Gasteiger partial charge on any atom is -0.375 e. The Hall–Kier alpha value is -1.44. The average molecular weight is 236 g/mol. The van der Waals surface area contributed by atoms with Crippen molar-refractivity contribution in [1.82, 2.24) is 0 Å². The van der Waals surface area contributed by atoms with Crippen LogP contribution in [0.2, 0.25) is 0 Å². The minimum absolute atomic E-state index is 0.133. The summed E-state index contributed by atoms with van der Waals surface area (Å²) in [6, 6.07) is 6.18. The summed E-state index contributed by atoms with van der Waals surface area (Å²) in [6.07, 6.45) is 0.785. The van der Waals surface area contributed by atoms with Gasteiger partial charge in [0, 0.05) is 11.1 Å². The molecule has 17 heavy (non-hydrogen) atoms. The normalized spacial score (nSPS) is 14.1. The molecule has 1 aromatic rings. The lowest BCUT2D eigenvalue weighted by molar-refractivity contribution is 0.0760. The van der Waals surface area contributed by atoms with Crippen LogP contribution in [0, 0.1) is 17.1 Å². The summed E-state index contributed by atoms with van der Waals surface area (Å²) in [5, 5.41) is 8.71. The van der Waals surface area contributed by atoms with E-state index < -0.39 is 5.54 Å². The SMILES string of the molecule is CCC(C)(N)COCc1cc(C#N)ccc1F. The summed E-state index contributed by atoms with van der Waals surface area (Å²) in [4.78, 5) is 0. The molecular formula is C13H17FN2O. The van der Waals surface area contributed by atoms with Crippen molar-refractivity contribution in [3.05, 3.63) is 35.1 Å². The molecule has 1 atom stereocenters. The molecule has 0 heterocycles. The highest BCUT2D eigenvalue weighted by Gasteiger charge is 2.16. The molecule has 0 radical (unpaired) electrons. The molecule has 1 unspecified atom stereocenters. The molecule has 0 saturated carbocycles. The van der Waals surface area contributed by atoms with Crippen LogP contribution in [0.5, 0.6) is 0 Å². The summed E-state index contributed by atoms with van der Waals surface area (Å²) in [5.74, 6) is -0.362. The maximum Gasteiger partial charge on any atom is 0.128 e. The van der Waals surface area contributed by atoms with Crippen LogP contribution in [0.4, 0.5) is 4.39 Å². The second kappa shape index (κ2) is 5.76. The Bertz CT molecular complexity index is 424. The van der Waals surface area contributed by atoms with Crippen LogP contribution < -0.4 is 5.73 Å². The number of hydrogen-bond donors (Lipinski definition) is 1. The highest BCUT2D eigenvalue weighted by Crippen LogP contribution is 2.13. The standard InChI is InChI=1S/C13H17FN2O/c1-3-13(2,16)9-17-8-11-6-10(7-15)4-5-12(11)14/h4-6H,3,8-9,16H2,1-2H3. The van der Waals surface area contributed by atoms with Gasteiger partial charge in [0.15, 0.2) is 0 Å². The maximum absolute atomic E-state index is 13.4. The number of rotatable bonds is 5. The van der Waals surface area contributed by atoms with Crippen molar-refractivity contribution in [1.29, 1.82) is 5.26 Å². The van der Waals surface area contributed by atoms with Crippen molar-refractivity contribution >= 4 is 0 Å². The zero-order valence-corrected chi connectivity index (χ0v) is 10.2. The number of nitrogens with two attached hydrogens (primary N) is 1. The van der Waals surface area contributed by atoms with Gasteiger partial charge in [-0.2, -0.15) is 5.26 Å². The van der Waals surface area contributed by atoms with E-state index in [4.69, 9.17) is 15.7 Å². The average Bonchev–Trinajstić information content (AvgIpc) is 2.31. The van der Waals surface area contributed by atoms with Crippen LogP contribution in [0.1, 0.15) is 31.4 Å². The summed E-state index contributed by atoms with van der Waals surface area (Å²) >= 11 is 0. The first-order chi connectivity index (χ1) is 7.98. The summed E-state index contributed by atoms with van der Waals surface area (Å²) in [5.41, 5.74) is 6.32. The van der Waals surface area contributed by atoms with E-state index in [9.17, 15) is 4.39 Å². The van der Waals surface area contributed by atoms with Gasteiger partial charge in [-0.15, -0.1) is 0 Å². The fraction of sp³-hybridized carbons (Fsp3) is 0.462. The smallest absolute Gasteiger partial charge is 0.128 e. The van der Waals surface area contributed by atoms with Gasteiger partial charge in [-0.05, 0) is 31.5 Å².